The summed E-state index contributed by atoms with van der Waals surface area (Å²) in [7, 11) is 1.80. The first-order valence-electron chi connectivity index (χ1n) is 9.85. The van der Waals surface area contributed by atoms with Gasteiger partial charge in [-0.1, -0.05) is 6.42 Å². The first-order chi connectivity index (χ1) is 12.6. The Kier molecular flexibility index (Phi) is 4.74. The molecule has 5 heteroatoms. The van der Waals surface area contributed by atoms with Crippen molar-refractivity contribution in [1.82, 2.24) is 4.90 Å². The molecule has 1 aromatic rings. The lowest BCUT2D eigenvalue weighted by molar-refractivity contribution is -0.117. The predicted octanol–water partition coefficient (Wildman–Crippen LogP) is 3.23. The lowest BCUT2D eigenvalue weighted by atomic mass is 9.76. The molecule has 2 aliphatic heterocycles. The van der Waals surface area contributed by atoms with Crippen molar-refractivity contribution in [2.45, 2.75) is 51.0 Å². The van der Waals surface area contributed by atoms with E-state index in [1.165, 1.54) is 6.42 Å². The Labute approximate surface area is 155 Å². The summed E-state index contributed by atoms with van der Waals surface area (Å²) >= 11 is 0. The molecule has 1 spiro atoms. The Morgan fingerprint density at radius 3 is 2.58 bits per heavy atom. The van der Waals surface area contributed by atoms with E-state index in [0.717, 1.165) is 57.4 Å². The van der Waals surface area contributed by atoms with E-state index in [0.29, 0.717) is 12.0 Å². The van der Waals surface area contributed by atoms with Crippen LogP contribution in [0.5, 0.6) is 0 Å². The molecule has 2 saturated heterocycles. The number of ether oxygens (including phenoxy) is 1. The van der Waals surface area contributed by atoms with Crippen LogP contribution in [-0.2, 0) is 9.53 Å². The van der Waals surface area contributed by atoms with Crippen LogP contribution >= 0.6 is 0 Å². The fraction of sp³-hybridized carbons (Fsp3) is 0.619. The summed E-state index contributed by atoms with van der Waals surface area (Å²) in [5.41, 5.74) is 1.75. The first kappa shape index (κ1) is 17.5. The van der Waals surface area contributed by atoms with Gasteiger partial charge in [-0.05, 0) is 56.4 Å². The van der Waals surface area contributed by atoms with Gasteiger partial charge >= 0.3 is 0 Å². The molecule has 1 aliphatic carbocycles. The van der Waals surface area contributed by atoms with Crippen LogP contribution in [0.15, 0.2) is 24.3 Å². The second-order valence-corrected chi connectivity index (χ2v) is 8.01. The number of piperidine rings is 1. The van der Waals surface area contributed by atoms with Crippen molar-refractivity contribution in [2.75, 3.05) is 31.6 Å². The van der Waals surface area contributed by atoms with Gasteiger partial charge in [0.15, 0.2) is 0 Å². The van der Waals surface area contributed by atoms with E-state index in [4.69, 9.17) is 4.74 Å². The molecular weight excluding hydrogens is 328 g/mol. The molecule has 0 bridgehead atoms. The summed E-state index contributed by atoms with van der Waals surface area (Å²) in [6, 6.07) is 7.55. The Hall–Kier alpha value is -1.88. The van der Waals surface area contributed by atoms with Gasteiger partial charge in [-0.15, -0.1) is 0 Å². The molecule has 0 N–H and O–H groups in total. The lowest BCUT2D eigenvalue weighted by Crippen LogP contribution is -2.49. The van der Waals surface area contributed by atoms with Crippen LogP contribution in [0.1, 0.15) is 55.3 Å². The molecule has 1 saturated carbocycles. The molecule has 0 aromatic heterocycles. The minimum absolute atomic E-state index is 0.102. The van der Waals surface area contributed by atoms with E-state index >= 15 is 0 Å². The van der Waals surface area contributed by atoms with Gasteiger partial charge in [-0.25, -0.2) is 0 Å². The van der Waals surface area contributed by atoms with Crippen LogP contribution in [0.25, 0.3) is 0 Å². The predicted molar refractivity (Wildman–Crippen MR) is 100 cm³/mol. The molecule has 1 aromatic carbocycles. The monoisotopic (exact) mass is 356 g/mol. The molecule has 0 radical (unpaired) electrons. The smallest absolute Gasteiger partial charge is 0.253 e. The largest absolute Gasteiger partial charge is 0.381 e. The first-order valence-corrected chi connectivity index (χ1v) is 9.85. The minimum atomic E-state index is 0.102. The van der Waals surface area contributed by atoms with E-state index in [9.17, 15) is 9.59 Å². The highest BCUT2D eigenvalue weighted by atomic mass is 16.5. The summed E-state index contributed by atoms with van der Waals surface area (Å²) in [4.78, 5) is 28.7. The number of hydrogen-bond acceptors (Lipinski definition) is 3. The number of nitrogens with zero attached hydrogens (tertiary/aromatic N) is 2. The molecule has 140 valence electrons. The molecular formula is C21H28N2O3. The van der Waals surface area contributed by atoms with Crippen molar-refractivity contribution in [3.05, 3.63) is 29.8 Å². The third-order valence-electron chi connectivity index (χ3n) is 6.50. The van der Waals surface area contributed by atoms with Crippen LogP contribution in [-0.4, -0.2) is 49.6 Å². The van der Waals surface area contributed by atoms with Crippen molar-refractivity contribution in [2.24, 2.45) is 5.41 Å². The van der Waals surface area contributed by atoms with Crippen molar-refractivity contribution in [3.63, 3.8) is 0 Å². The standard InChI is InChI=1S/C21H28N2O3/c1-26-18-5-2-11-21(18)12-4-13-22(15-21)20(25)16-7-9-17(10-8-16)23-14-3-6-19(23)24/h7-10,18H,2-6,11-15H2,1H3/t18-,21+/m1/s1. The van der Waals surface area contributed by atoms with Gasteiger partial charge in [0.2, 0.25) is 5.91 Å². The summed E-state index contributed by atoms with van der Waals surface area (Å²) in [5.74, 6) is 0.277. The van der Waals surface area contributed by atoms with Gasteiger partial charge in [0.25, 0.3) is 5.91 Å². The number of hydrogen-bond donors (Lipinski definition) is 0. The van der Waals surface area contributed by atoms with Crippen molar-refractivity contribution in [3.8, 4) is 0 Å². The highest BCUT2D eigenvalue weighted by Gasteiger charge is 2.46. The minimum Gasteiger partial charge on any atom is -0.381 e. The van der Waals surface area contributed by atoms with Crippen molar-refractivity contribution in [1.29, 1.82) is 0 Å². The molecule has 0 unspecified atom stereocenters. The van der Waals surface area contributed by atoms with E-state index in [2.05, 4.69) is 0 Å². The van der Waals surface area contributed by atoms with Gasteiger partial charge in [-0.3, -0.25) is 9.59 Å². The van der Waals surface area contributed by atoms with E-state index in [1.807, 2.05) is 34.1 Å². The zero-order chi connectivity index (χ0) is 18.1. The third-order valence-corrected chi connectivity index (χ3v) is 6.50. The second-order valence-electron chi connectivity index (χ2n) is 8.01. The van der Waals surface area contributed by atoms with Crippen LogP contribution in [0.4, 0.5) is 5.69 Å². The maximum absolute atomic E-state index is 13.0. The van der Waals surface area contributed by atoms with Gasteiger partial charge in [0, 0.05) is 49.8 Å². The lowest BCUT2D eigenvalue weighted by Gasteiger charge is -2.43. The Morgan fingerprint density at radius 2 is 1.88 bits per heavy atom. The Morgan fingerprint density at radius 1 is 1.12 bits per heavy atom. The zero-order valence-electron chi connectivity index (χ0n) is 15.6. The second kappa shape index (κ2) is 7.03. The highest BCUT2D eigenvalue weighted by molar-refractivity contribution is 5.97. The molecule has 2 amide bonds. The van der Waals surface area contributed by atoms with Crippen LogP contribution in [0.2, 0.25) is 0 Å². The number of anilines is 1. The quantitative estimate of drug-likeness (QED) is 0.835. The maximum atomic E-state index is 13.0. The van der Waals surface area contributed by atoms with Crippen LogP contribution in [0.3, 0.4) is 0 Å². The molecule has 3 aliphatic rings. The fourth-order valence-corrected chi connectivity index (χ4v) is 5.16. The number of amides is 2. The number of likely N-dealkylation sites (tertiary alicyclic amines) is 1. The fourth-order valence-electron chi connectivity index (χ4n) is 5.16. The van der Waals surface area contributed by atoms with Crippen molar-refractivity contribution >= 4 is 17.5 Å². The Bertz CT molecular complexity index is 687. The summed E-state index contributed by atoms with van der Waals surface area (Å²) < 4.78 is 5.75. The number of rotatable bonds is 3. The van der Waals surface area contributed by atoms with Gasteiger partial charge in [-0.2, -0.15) is 0 Å². The molecule has 4 rings (SSSR count). The SMILES string of the molecule is CO[C@@H]1CCC[C@@]12CCCN(C(=O)c1ccc(N3CCCC3=O)cc1)C2. The zero-order valence-corrected chi connectivity index (χ0v) is 15.6. The maximum Gasteiger partial charge on any atom is 0.253 e. The average Bonchev–Trinajstić information content (AvgIpc) is 3.27. The molecule has 26 heavy (non-hydrogen) atoms. The molecule has 5 nitrogen and oxygen atoms in total. The highest BCUT2D eigenvalue weighted by Crippen LogP contribution is 2.46. The van der Waals surface area contributed by atoms with Crippen LogP contribution in [0, 0.1) is 5.41 Å². The number of carbonyl (C=O) groups is 2. The van der Waals surface area contributed by atoms with E-state index in [1.54, 1.807) is 7.11 Å². The number of methoxy groups -OCH3 is 1. The summed E-state index contributed by atoms with van der Waals surface area (Å²) in [6.45, 7) is 2.40. The topological polar surface area (TPSA) is 49.9 Å². The summed E-state index contributed by atoms with van der Waals surface area (Å²) in [6.07, 6.45) is 7.48. The molecule has 2 heterocycles. The normalized spacial score (nSPS) is 29.0. The number of carbonyl (C=O) groups excluding carboxylic acids is 2. The third kappa shape index (κ3) is 3.02. The number of benzene rings is 1. The molecule has 3 fully saturated rings. The van der Waals surface area contributed by atoms with E-state index < -0.39 is 0 Å². The van der Waals surface area contributed by atoms with Gasteiger partial charge in [0.1, 0.15) is 0 Å². The summed E-state index contributed by atoms with van der Waals surface area (Å²) in [5, 5.41) is 0. The van der Waals surface area contributed by atoms with Crippen molar-refractivity contribution < 1.29 is 14.3 Å². The Balaban J connectivity index is 1.48. The molecule has 2 atom stereocenters. The van der Waals surface area contributed by atoms with Gasteiger partial charge in [0.05, 0.1) is 6.10 Å². The van der Waals surface area contributed by atoms with Gasteiger partial charge < -0.3 is 14.5 Å². The average molecular weight is 356 g/mol. The van der Waals surface area contributed by atoms with E-state index in [-0.39, 0.29) is 23.3 Å². The van der Waals surface area contributed by atoms with Crippen LogP contribution < -0.4 is 4.90 Å².